The fourth-order valence-electron chi connectivity index (χ4n) is 2.30. The Morgan fingerprint density at radius 3 is 2.78 bits per heavy atom. The Labute approximate surface area is 114 Å². The minimum absolute atomic E-state index is 0. The van der Waals surface area contributed by atoms with Crippen molar-refractivity contribution in [3.05, 3.63) is 11.4 Å². The lowest BCUT2D eigenvalue weighted by Crippen LogP contribution is -2.27. The summed E-state index contributed by atoms with van der Waals surface area (Å²) in [4.78, 5) is 11.9. The summed E-state index contributed by atoms with van der Waals surface area (Å²) in [6, 6.07) is 0.340. The number of aromatic nitrogens is 2. The molecule has 2 rings (SSSR count). The van der Waals surface area contributed by atoms with Crippen LogP contribution in [0.25, 0.3) is 0 Å². The van der Waals surface area contributed by atoms with Gasteiger partial charge in [0.15, 0.2) is 0 Å². The Morgan fingerprint density at radius 2 is 2.28 bits per heavy atom. The molecule has 2 N–H and O–H groups in total. The fraction of sp³-hybridized carbons (Fsp3) is 0.667. The highest BCUT2D eigenvalue weighted by molar-refractivity contribution is 5.92. The minimum atomic E-state index is 0. The van der Waals surface area contributed by atoms with Crippen LogP contribution in [0.3, 0.4) is 0 Å². The second-order valence-electron chi connectivity index (χ2n) is 4.72. The van der Waals surface area contributed by atoms with Gasteiger partial charge in [-0.2, -0.15) is 5.10 Å². The third kappa shape index (κ3) is 3.23. The molecule has 1 aliphatic rings. The summed E-state index contributed by atoms with van der Waals surface area (Å²) in [5.74, 6) is 0.0728. The first-order valence-corrected chi connectivity index (χ1v) is 6.11. The van der Waals surface area contributed by atoms with Gasteiger partial charge in [-0.25, -0.2) is 0 Å². The normalized spacial score (nSPS) is 18.5. The lowest BCUT2D eigenvalue weighted by atomic mass is 10.1. The smallest absolute Gasteiger partial charge is 0.226 e. The number of hydrogen-bond donors (Lipinski definition) is 2. The molecule has 1 fully saturated rings. The van der Waals surface area contributed by atoms with Crippen molar-refractivity contribution in [3.63, 3.8) is 0 Å². The van der Waals surface area contributed by atoms with E-state index in [0.717, 1.165) is 30.0 Å². The maximum atomic E-state index is 11.9. The molecule has 5 nitrogen and oxygen atoms in total. The molecule has 1 aromatic rings. The largest absolute Gasteiger partial charge is 0.323 e. The van der Waals surface area contributed by atoms with E-state index in [1.54, 1.807) is 4.68 Å². The van der Waals surface area contributed by atoms with Crippen LogP contribution < -0.4 is 10.6 Å². The van der Waals surface area contributed by atoms with E-state index in [1.807, 2.05) is 20.9 Å². The number of halogens is 1. The minimum Gasteiger partial charge on any atom is -0.323 e. The summed E-state index contributed by atoms with van der Waals surface area (Å²) >= 11 is 0. The van der Waals surface area contributed by atoms with Crippen LogP contribution in [0.4, 0.5) is 5.69 Å². The van der Waals surface area contributed by atoms with Gasteiger partial charge in [-0.15, -0.1) is 12.4 Å². The highest BCUT2D eigenvalue weighted by atomic mass is 35.5. The zero-order chi connectivity index (χ0) is 12.4. The van der Waals surface area contributed by atoms with E-state index < -0.39 is 0 Å². The molecule has 2 heterocycles. The predicted molar refractivity (Wildman–Crippen MR) is 74.2 cm³/mol. The Balaban J connectivity index is 0.00000162. The van der Waals surface area contributed by atoms with Crippen LogP contribution in [-0.2, 0) is 11.8 Å². The summed E-state index contributed by atoms with van der Waals surface area (Å²) < 4.78 is 1.79. The van der Waals surface area contributed by atoms with Gasteiger partial charge in [-0.3, -0.25) is 9.48 Å². The zero-order valence-corrected chi connectivity index (χ0v) is 11.9. The van der Waals surface area contributed by atoms with Gasteiger partial charge in [-0.1, -0.05) is 0 Å². The topological polar surface area (TPSA) is 59.0 Å². The molecule has 18 heavy (non-hydrogen) atoms. The molecule has 1 amide bonds. The van der Waals surface area contributed by atoms with Crippen LogP contribution in [-0.4, -0.2) is 28.3 Å². The first-order chi connectivity index (χ1) is 8.08. The monoisotopic (exact) mass is 272 g/mol. The predicted octanol–water partition coefficient (Wildman–Crippen LogP) is 1.54. The Hall–Kier alpha value is -1.07. The molecule has 0 radical (unpaired) electrons. The molecule has 0 aromatic carbocycles. The zero-order valence-electron chi connectivity index (χ0n) is 11.1. The van der Waals surface area contributed by atoms with E-state index >= 15 is 0 Å². The number of nitrogens with zero attached hydrogens (tertiary/aromatic N) is 2. The van der Waals surface area contributed by atoms with Gasteiger partial charge in [0.2, 0.25) is 5.91 Å². The summed E-state index contributed by atoms with van der Waals surface area (Å²) in [5, 5.41) is 10.6. The van der Waals surface area contributed by atoms with Gasteiger partial charge in [0, 0.05) is 19.5 Å². The molecule has 1 aromatic heterocycles. The third-order valence-corrected chi connectivity index (χ3v) is 3.37. The molecule has 0 bridgehead atoms. The lowest BCUT2D eigenvalue weighted by molar-refractivity contribution is -0.116. The number of anilines is 1. The molecule has 1 atom stereocenters. The molecular weight excluding hydrogens is 252 g/mol. The van der Waals surface area contributed by atoms with E-state index in [0.29, 0.717) is 12.5 Å². The number of carbonyl (C=O) groups is 1. The number of nitrogens with one attached hydrogen (secondary N) is 2. The van der Waals surface area contributed by atoms with Crippen molar-refractivity contribution in [2.75, 3.05) is 11.9 Å². The van der Waals surface area contributed by atoms with Crippen LogP contribution in [0.1, 0.15) is 30.7 Å². The molecular formula is C12H21ClN4O. The van der Waals surface area contributed by atoms with Gasteiger partial charge < -0.3 is 10.6 Å². The van der Waals surface area contributed by atoms with E-state index in [2.05, 4.69) is 15.7 Å². The molecule has 1 aliphatic heterocycles. The van der Waals surface area contributed by atoms with Crippen molar-refractivity contribution < 1.29 is 4.79 Å². The number of rotatable bonds is 3. The van der Waals surface area contributed by atoms with Crippen LogP contribution >= 0.6 is 12.4 Å². The summed E-state index contributed by atoms with van der Waals surface area (Å²) in [6.07, 6.45) is 2.81. The first kappa shape index (κ1) is 15.0. The SMILES string of the molecule is Cc1nn(C)c(C)c1NC(=O)CC1CCCN1.Cl. The molecule has 1 saturated heterocycles. The molecule has 102 valence electrons. The van der Waals surface area contributed by atoms with E-state index in [9.17, 15) is 4.79 Å². The van der Waals surface area contributed by atoms with Gasteiger partial charge in [0.1, 0.15) is 0 Å². The average molecular weight is 273 g/mol. The van der Waals surface area contributed by atoms with Gasteiger partial charge in [0.25, 0.3) is 0 Å². The Morgan fingerprint density at radius 1 is 1.56 bits per heavy atom. The van der Waals surface area contributed by atoms with Crippen molar-refractivity contribution in [2.24, 2.45) is 7.05 Å². The number of amides is 1. The summed E-state index contributed by atoms with van der Waals surface area (Å²) in [5.41, 5.74) is 2.73. The van der Waals surface area contributed by atoms with Gasteiger partial charge >= 0.3 is 0 Å². The van der Waals surface area contributed by atoms with Crippen molar-refractivity contribution in [1.82, 2.24) is 15.1 Å². The van der Waals surface area contributed by atoms with Crippen molar-refractivity contribution in [3.8, 4) is 0 Å². The quantitative estimate of drug-likeness (QED) is 0.878. The highest BCUT2D eigenvalue weighted by Gasteiger charge is 2.19. The highest BCUT2D eigenvalue weighted by Crippen LogP contribution is 2.19. The Bertz CT molecular complexity index is 424. The second-order valence-corrected chi connectivity index (χ2v) is 4.72. The number of hydrogen-bond acceptors (Lipinski definition) is 3. The molecule has 0 aliphatic carbocycles. The summed E-state index contributed by atoms with van der Waals surface area (Å²) in [6.45, 7) is 4.91. The molecule has 0 saturated carbocycles. The Kier molecular flexibility index (Phi) is 5.16. The molecule has 6 heteroatoms. The van der Waals surface area contributed by atoms with Crippen LogP contribution in [0.15, 0.2) is 0 Å². The van der Waals surface area contributed by atoms with Crippen molar-refractivity contribution in [2.45, 2.75) is 39.2 Å². The second kappa shape index (κ2) is 6.20. The van der Waals surface area contributed by atoms with Crippen molar-refractivity contribution in [1.29, 1.82) is 0 Å². The average Bonchev–Trinajstić information content (AvgIpc) is 2.83. The van der Waals surface area contributed by atoms with Crippen molar-refractivity contribution >= 4 is 24.0 Å². The maximum absolute atomic E-state index is 11.9. The van der Waals surface area contributed by atoms with Gasteiger partial charge in [-0.05, 0) is 33.2 Å². The third-order valence-electron chi connectivity index (χ3n) is 3.37. The van der Waals surface area contributed by atoms with E-state index in [-0.39, 0.29) is 18.3 Å². The van der Waals surface area contributed by atoms with E-state index in [1.165, 1.54) is 6.42 Å². The number of aryl methyl sites for hydroxylation is 2. The van der Waals surface area contributed by atoms with Gasteiger partial charge in [0.05, 0.1) is 17.1 Å². The van der Waals surface area contributed by atoms with E-state index in [4.69, 9.17) is 0 Å². The van der Waals surface area contributed by atoms with Crippen LogP contribution in [0.5, 0.6) is 0 Å². The maximum Gasteiger partial charge on any atom is 0.226 e. The van der Waals surface area contributed by atoms with Crippen LogP contribution in [0.2, 0.25) is 0 Å². The first-order valence-electron chi connectivity index (χ1n) is 6.11. The summed E-state index contributed by atoms with van der Waals surface area (Å²) in [7, 11) is 1.89. The number of carbonyl (C=O) groups excluding carboxylic acids is 1. The lowest BCUT2D eigenvalue weighted by Gasteiger charge is -2.10. The molecule has 0 spiro atoms. The molecule has 1 unspecified atom stereocenters. The van der Waals surface area contributed by atoms with Crippen LogP contribution in [0, 0.1) is 13.8 Å². The fourth-order valence-corrected chi connectivity index (χ4v) is 2.30. The standard InChI is InChI=1S/C12H20N4O.ClH/c1-8-12(9(2)16(3)15-8)14-11(17)7-10-5-4-6-13-10;/h10,13H,4-7H2,1-3H3,(H,14,17);1H.